The fourth-order valence-corrected chi connectivity index (χ4v) is 2.23. The largest absolute Gasteiger partial charge is 0.489 e. The molecule has 0 unspecified atom stereocenters. The van der Waals surface area contributed by atoms with Gasteiger partial charge in [0.1, 0.15) is 18.4 Å². The van der Waals surface area contributed by atoms with E-state index in [1.54, 1.807) is 24.3 Å². The quantitative estimate of drug-likeness (QED) is 0.651. The minimum absolute atomic E-state index is 0.0351. The molecule has 1 amide bonds. The van der Waals surface area contributed by atoms with E-state index in [0.29, 0.717) is 17.9 Å². The van der Waals surface area contributed by atoms with Crippen molar-refractivity contribution in [3.05, 3.63) is 65.2 Å². The van der Waals surface area contributed by atoms with Gasteiger partial charge >= 0.3 is 17.8 Å². The van der Waals surface area contributed by atoms with Gasteiger partial charge in [-0.05, 0) is 30.2 Å². The van der Waals surface area contributed by atoms with Crippen LogP contribution in [0.15, 0.2) is 48.5 Å². The fourth-order valence-electron chi connectivity index (χ4n) is 2.23. The maximum Gasteiger partial charge on any atom is 0.394 e. The van der Waals surface area contributed by atoms with Gasteiger partial charge in [0.15, 0.2) is 0 Å². The zero-order valence-electron chi connectivity index (χ0n) is 14.1. The van der Waals surface area contributed by atoms with Gasteiger partial charge in [0.2, 0.25) is 0 Å². The Morgan fingerprint density at radius 3 is 2.08 bits per heavy atom. The molecule has 0 aromatic heterocycles. The third kappa shape index (κ3) is 5.62. The van der Waals surface area contributed by atoms with Crippen molar-refractivity contribution in [2.45, 2.75) is 26.0 Å². The highest BCUT2D eigenvalue weighted by Gasteiger charge is 2.23. The van der Waals surface area contributed by atoms with Crippen LogP contribution in [0.1, 0.15) is 16.7 Å². The number of hydrogen-bond donors (Lipinski definition) is 3. The van der Waals surface area contributed by atoms with E-state index in [0.717, 1.165) is 5.56 Å². The van der Waals surface area contributed by atoms with Crippen LogP contribution >= 0.6 is 0 Å². The zero-order valence-corrected chi connectivity index (χ0v) is 14.1. The summed E-state index contributed by atoms with van der Waals surface area (Å²) in [5, 5.41) is 19.6. The Labute approximate surface area is 150 Å². The molecule has 0 aliphatic heterocycles. The molecule has 2 rings (SSSR count). The number of carboxylic acids is 2. The molecule has 0 radical (unpaired) electrons. The minimum Gasteiger partial charge on any atom is -0.489 e. The fraction of sp³-hybridized carbons (Fsp3) is 0.211. The molecule has 2 aromatic rings. The summed E-state index contributed by atoms with van der Waals surface area (Å²) in [5.74, 6) is -3.76. The molecule has 0 bridgehead atoms. The number of ether oxygens (including phenoxy) is 1. The lowest BCUT2D eigenvalue weighted by atomic mass is 10.1. The van der Waals surface area contributed by atoms with Gasteiger partial charge in [0, 0.05) is 6.42 Å². The number of benzene rings is 2. The Hall–Kier alpha value is -3.35. The van der Waals surface area contributed by atoms with Gasteiger partial charge in [-0.3, -0.25) is 4.79 Å². The van der Waals surface area contributed by atoms with Crippen LogP contribution in [0.4, 0.5) is 0 Å². The standard InChI is InChI=1S/C19H19NO6/c1-12-2-4-14(5-3-12)11-26-15-8-6-13(7-9-15)10-16(18(22)23)20-17(21)19(24)25/h2-9,16H,10-11H2,1H3,(H,20,21)(H,22,23)(H,24,25)/t16-/m1/s1. The number of carboxylic acid groups (broad SMARTS) is 2. The van der Waals surface area contributed by atoms with Gasteiger partial charge in [-0.1, -0.05) is 42.0 Å². The molecule has 26 heavy (non-hydrogen) atoms. The molecule has 0 aliphatic rings. The van der Waals surface area contributed by atoms with Gasteiger partial charge in [-0.15, -0.1) is 0 Å². The van der Waals surface area contributed by atoms with Crippen molar-refractivity contribution in [2.75, 3.05) is 0 Å². The van der Waals surface area contributed by atoms with Crippen molar-refractivity contribution in [1.29, 1.82) is 0 Å². The molecule has 136 valence electrons. The highest BCUT2D eigenvalue weighted by atomic mass is 16.5. The smallest absolute Gasteiger partial charge is 0.394 e. The monoisotopic (exact) mass is 357 g/mol. The van der Waals surface area contributed by atoms with Crippen LogP contribution in [0, 0.1) is 6.92 Å². The van der Waals surface area contributed by atoms with Crippen molar-refractivity contribution in [1.82, 2.24) is 5.32 Å². The predicted molar refractivity (Wildman–Crippen MR) is 92.9 cm³/mol. The number of hydrogen-bond acceptors (Lipinski definition) is 4. The van der Waals surface area contributed by atoms with Crippen LogP contribution in [0.2, 0.25) is 0 Å². The van der Waals surface area contributed by atoms with Crippen LogP contribution in [0.5, 0.6) is 5.75 Å². The first-order valence-electron chi connectivity index (χ1n) is 7.89. The summed E-state index contributed by atoms with van der Waals surface area (Å²) in [7, 11) is 0. The molecule has 2 aromatic carbocycles. The van der Waals surface area contributed by atoms with E-state index < -0.39 is 23.9 Å². The Kier molecular flexibility index (Phi) is 6.32. The lowest BCUT2D eigenvalue weighted by molar-refractivity contribution is -0.152. The predicted octanol–water partition coefficient (Wildman–Crippen LogP) is 1.77. The maximum atomic E-state index is 11.2. The lowest BCUT2D eigenvalue weighted by Crippen LogP contribution is -2.45. The van der Waals surface area contributed by atoms with Crippen LogP contribution in [-0.4, -0.2) is 34.1 Å². The van der Waals surface area contributed by atoms with E-state index in [1.807, 2.05) is 36.5 Å². The van der Waals surface area contributed by atoms with Gasteiger partial charge in [0.25, 0.3) is 0 Å². The summed E-state index contributed by atoms with van der Waals surface area (Å²) < 4.78 is 5.67. The summed E-state index contributed by atoms with van der Waals surface area (Å²) in [4.78, 5) is 32.9. The molecule has 7 heteroatoms. The van der Waals surface area contributed by atoms with Crippen molar-refractivity contribution in [2.24, 2.45) is 0 Å². The van der Waals surface area contributed by atoms with Crippen LogP contribution in [0.3, 0.4) is 0 Å². The first kappa shape index (κ1) is 19.0. The van der Waals surface area contributed by atoms with E-state index in [2.05, 4.69) is 0 Å². The zero-order chi connectivity index (χ0) is 19.1. The molecular weight excluding hydrogens is 338 g/mol. The second-order valence-electron chi connectivity index (χ2n) is 5.79. The van der Waals surface area contributed by atoms with Gasteiger partial charge in [-0.2, -0.15) is 0 Å². The Morgan fingerprint density at radius 1 is 0.962 bits per heavy atom. The van der Waals surface area contributed by atoms with E-state index in [1.165, 1.54) is 5.56 Å². The molecule has 0 saturated carbocycles. The molecule has 0 heterocycles. The molecular formula is C19H19NO6. The van der Waals surface area contributed by atoms with Gasteiger partial charge in [0.05, 0.1) is 0 Å². The average Bonchev–Trinajstić information content (AvgIpc) is 2.61. The van der Waals surface area contributed by atoms with Crippen molar-refractivity contribution >= 4 is 17.8 Å². The first-order valence-corrected chi connectivity index (χ1v) is 7.89. The second-order valence-corrected chi connectivity index (χ2v) is 5.79. The summed E-state index contributed by atoms with van der Waals surface area (Å²) >= 11 is 0. The number of aryl methyl sites for hydroxylation is 1. The van der Waals surface area contributed by atoms with Gasteiger partial charge < -0.3 is 20.3 Å². The highest BCUT2D eigenvalue weighted by Crippen LogP contribution is 2.16. The molecule has 1 atom stereocenters. The number of rotatable bonds is 7. The minimum atomic E-state index is -1.73. The number of carbonyl (C=O) groups is 3. The van der Waals surface area contributed by atoms with Crippen molar-refractivity contribution < 1.29 is 29.3 Å². The molecule has 0 fully saturated rings. The lowest BCUT2D eigenvalue weighted by Gasteiger charge is -2.13. The third-order valence-electron chi connectivity index (χ3n) is 3.69. The summed E-state index contributed by atoms with van der Waals surface area (Å²) in [6, 6.07) is 13.4. The van der Waals surface area contributed by atoms with E-state index >= 15 is 0 Å². The molecule has 0 aliphatic carbocycles. The SMILES string of the molecule is Cc1ccc(COc2ccc(C[C@@H](NC(=O)C(=O)O)C(=O)O)cc2)cc1. The van der Waals surface area contributed by atoms with Crippen LogP contribution < -0.4 is 10.1 Å². The molecule has 7 nitrogen and oxygen atoms in total. The van der Waals surface area contributed by atoms with Crippen LogP contribution in [-0.2, 0) is 27.4 Å². The molecule has 0 spiro atoms. The topological polar surface area (TPSA) is 113 Å². The van der Waals surface area contributed by atoms with E-state index in [-0.39, 0.29) is 6.42 Å². The number of aliphatic carboxylic acids is 2. The molecule has 3 N–H and O–H groups in total. The Balaban J connectivity index is 1.94. The Morgan fingerprint density at radius 2 is 1.54 bits per heavy atom. The second kappa shape index (κ2) is 8.66. The van der Waals surface area contributed by atoms with Crippen molar-refractivity contribution in [3.63, 3.8) is 0 Å². The summed E-state index contributed by atoms with van der Waals surface area (Å²) in [6.45, 7) is 2.42. The number of amides is 1. The van der Waals surface area contributed by atoms with Gasteiger partial charge in [-0.25, -0.2) is 9.59 Å². The third-order valence-corrected chi connectivity index (χ3v) is 3.69. The first-order chi connectivity index (χ1) is 12.3. The van der Waals surface area contributed by atoms with Crippen molar-refractivity contribution in [3.8, 4) is 5.75 Å². The molecule has 0 saturated heterocycles. The number of carbonyl (C=O) groups excluding carboxylic acids is 1. The highest BCUT2D eigenvalue weighted by molar-refractivity contribution is 6.31. The summed E-state index contributed by atoms with van der Waals surface area (Å²) in [6.07, 6.45) is -0.0351. The maximum absolute atomic E-state index is 11.2. The average molecular weight is 357 g/mol. The summed E-state index contributed by atoms with van der Waals surface area (Å²) in [5.41, 5.74) is 2.83. The van der Waals surface area contributed by atoms with E-state index in [9.17, 15) is 14.4 Å². The number of nitrogens with one attached hydrogen (secondary N) is 1. The Bertz CT molecular complexity index is 783. The van der Waals surface area contributed by atoms with Crippen LogP contribution in [0.25, 0.3) is 0 Å². The normalized spacial score (nSPS) is 11.4. The van der Waals surface area contributed by atoms with E-state index in [4.69, 9.17) is 14.9 Å².